The molecule has 0 radical (unpaired) electrons. The molecule has 4 heterocycles. The molecular formula is C23H23ClN6OS2. The summed E-state index contributed by atoms with van der Waals surface area (Å²) in [6.07, 6.45) is 4.47. The highest BCUT2D eigenvalue weighted by molar-refractivity contribution is 8.00. The predicted octanol–water partition coefficient (Wildman–Crippen LogP) is 5.19. The maximum absolute atomic E-state index is 13.3. The van der Waals surface area contributed by atoms with Crippen molar-refractivity contribution in [1.29, 1.82) is 0 Å². The number of hydrogen-bond acceptors (Lipinski definition) is 7. The minimum absolute atomic E-state index is 0.0124. The lowest BCUT2D eigenvalue weighted by molar-refractivity contribution is 0.480. The Labute approximate surface area is 205 Å². The fourth-order valence-corrected chi connectivity index (χ4v) is 6.30. The fourth-order valence-electron chi connectivity index (χ4n) is 3.80. The molecule has 1 atom stereocenters. The molecule has 0 N–H and O–H groups in total. The second-order valence-corrected chi connectivity index (χ2v) is 10.8. The average Bonchev–Trinajstić information content (AvgIpc) is 3.40. The SMILES string of the molecule is CC(C)CCn1c(SCC2CSc3nnc(-c4cccnc4)n32)nc2cc(Cl)ccc2c1=O. The maximum Gasteiger partial charge on any atom is 0.262 e. The number of rotatable bonds is 7. The zero-order chi connectivity index (χ0) is 22.9. The van der Waals surface area contributed by atoms with E-state index in [-0.39, 0.29) is 11.6 Å². The van der Waals surface area contributed by atoms with Gasteiger partial charge in [-0.1, -0.05) is 49.0 Å². The smallest absolute Gasteiger partial charge is 0.262 e. The number of aromatic nitrogens is 6. The van der Waals surface area contributed by atoms with Crippen molar-refractivity contribution in [3.8, 4) is 11.4 Å². The van der Waals surface area contributed by atoms with Crippen LogP contribution in [0.3, 0.4) is 0 Å². The molecule has 0 bridgehead atoms. The van der Waals surface area contributed by atoms with Crippen molar-refractivity contribution >= 4 is 46.0 Å². The minimum Gasteiger partial charge on any atom is -0.297 e. The summed E-state index contributed by atoms with van der Waals surface area (Å²) in [4.78, 5) is 22.4. The van der Waals surface area contributed by atoms with Gasteiger partial charge in [0.25, 0.3) is 5.56 Å². The van der Waals surface area contributed by atoms with Crippen LogP contribution in [0.25, 0.3) is 22.3 Å². The normalized spacial score (nSPS) is 15.5. The molecule has 0 amide bonds. The highest BCUT2D eigenvalue weighted by Crippen LogP contribution is 2.38. The van der Waals surface area contributed by atoms with E-state index in [1.165, 1.54) is 0 Å². The van der Waals surface area contributed by atoms with Crippen LogP contribution in [0, 0.1) is 5.92 Å². The van der Waals surface area contributed by atoms with Gasteiger partial charge in [0, 0.05) is 41.0 Å². The first kappa shape index (κ1) is 22.4. The van der Waals surface area contributed by atoms with Crippen molar-refractivity contribution in [2.75, 3.05) is 11.5 Å². The molecule has 1 aliphatic heterocycles. The summed E-state index contributed by atoms with van der Waals surface area (Å²) in [5.41, 5.74) is 1.57. The standard InChI is InChI=1S/C23H23ClN6OS2/c1-14(2)7-9-29-21(31)18-6-5-16(24)10-19(18)26-22(29)32-12-17-13-33-23-28-27-20(30(17)23)15-4-3-8-25-11-15/h3-6,8,10-11,14,17H,7,9,12-13H2,1-2H3. The molecule has 10 heteroatoms. The van der Waals surface area contributed by atoms with Gasteiger partial charge in [0.05, 0.1) is 16.9 Å². The molecule has 3 aromatic heterocycles. The first-order valence-electron chi connectivity index (χ1n) is 10.8. The molecule has 7 nitrogen and oxygen atoms in total. The van der Waals surface area contributed by atoms with E-state index in [2.05, 4.69) is 33.6 Å². The molecule has 1 unspecified atom stereocenters. The summed E-state index contributed by atoms with van der Waals surface area (Å²) in [6.45, 7) is 4.97. The maximum atomic E-state index is 13.3. The van der Waals surface area contributed by atoms with E-state index in [4.69, 9.17) is 16.6 Å². The molecular weight excluding hydrogens is 476 g/mol. The Morgan fingerprint density at radius 3 is 2.94 bits per heavy atom. The van der Waals surface area contributed by atoms with E-state index in [1.807, 2.05) is 22.9 Å². The van der Waals surface area contributed by atoms with Gasteiger partial charge in [-0.25, -0.2) is 4.98 Å². The zero-order valence-electron chi connectivity index (χ0n) is 18.3. The number of halogens is 1. The van der Waals surface area contributed by atoms with Crippen LogP contribution in [0.15, 0.2) is 57.8 Å². The molecule has 0 aliphatic carbocycles. The fraction of sp³-hybridized carbons (Fsp3) is 0.348. The number of hydrogen-bond donors (Lipinski definition) is 0. The van der Waals surface area contributed by atoms with Crippen molar-refractivity contribution in [2.45, 2.75) is 43.2 Å². The van der Waals surface area contributed by atoms with Crippen LogP contribution in [0.4, 0.5) is 0 Å². The highest BCUT2D eigenvalue weighted by atomic mass is 35.5. The second kappa shape index (κ2) is 9.48. The van der Waals surface area contributed by atoms with Crippen LogP contribution in [0.1, 0.15) is 26.3 Å². The lowest BCUT2D eigenvalue weighted by atomic mass is 10.1. The van der Waals surface area contributed by atoms with E-state index in [1.54, 1.807) is 47.9 Å². The van der Waals surface area contributed by atoms with Crippen LogP contribution in [-0.2, 0) is 6.54 Å². The molecule has 1 aliphatic rings. The van der Waals surface area contributed by atoms with E-state index >= 15 is 0 Å². The molecule has 0 saturated heterocycles. The molecule has 5 rings (SSSR count). The molecule has 0 spiro atoms. The average molecular weight is 499 g/mol. The van der Waals surface area contributed by atoms with Gasteiger partial charge in [-0.05, 0) is 42.7 Å². The van der Waals surface area contributed by atoms with Gasteiger partial charge in [0.2, 0.25) is 0 Å². The lowest BCUT2D eigenvalue weighted by Gasteiger charge is -2.17. The van der Waals surface area contributed by atoms with Gasteiger partial charge in [0.15, 0.2) is 16.1 Å². The van der Waals surface area contributed by atoms with Crippen LogP contribution in [0.2, 0.25) is 5.02 Å². The van der Waals surface area contributed by atoms with Gasteiger partial charge in [-0.2, -0.15) is 0 Å². The number of thioether (sulfide) groups is 2. The molecule has 0 saturated carbocycles. The number of nitrogens with zero attached hydrogens (tertiary/aromatic N) is 6. The number of fused-ring (bicyclic) bond motifs is 2. The largest absolute Gasteiger partial charge is 0.297 e. The van der Waals surface area contributed by atoms with E-state index in [0.29, 0.717) is 28.4 Å². The summed E-state index contributed by atoms with van der Waals surface area (Å²) in [7, 11) is 0. The molecule has 0 fully saturated rings. The first-order chi connectivity index (χ1) is 16.0. The third-order valence-corrected chi connectivity index (χ3v) is 8.02. The summed E-state index contributed by atoms with van der Waals surface area (Å²) < 4.78 is 4.00. The Kier molecular flexibility index (Phi) is 6.44. The molecule has 33 heavy (non-hydrogen) atoms. The summed E-state index contributed by atoms with van der Waals surface area (Å²) in [6, 6.07) is 9.36. The van der Waals surface area contributed by atoms with Crippen molar-refractivity contribution in [1.82, 2.24) is 29.3 Å². The van der Waals surface area contributed by atoms with Crippen LogP contribution >= 0.6 is 35.1 Å². The van der Waals surface area contributed by atoms with Crippen molar-refractivity contribution in [3.63, 3.8) is 0 Å². The van der Waals surface area contributed by atoms with Crippen molar-refractivity contribution < 1.29 is 0 Å². The van der Waals surface area contributed by atoms with Gasteiger partial charge >= 0.3 is 0 Å². The van der Waals surface area contributed by atoms with Crippen LogP contribution in [0.5, 0.6) is 0 Å². The predicted molar refractivity (Wildman–Crippen MR) is 134 cm³/mol. The first-order valence-corrected chi connectivity index (χ1v) is 13.2. The lowest BCUT2D eigenvalue weighted by Crippen LogP contribution is -2.24. The monoisotopic (exact) mass is 498 g/mol. The Morgan fingerprint density at radius 1 is 1.27 bits per heavy atom. The van der Waals surface area contributed by atoms with Crippen molar-refractivity contribution in [2.24, 2.45) is 5.92 Å². The Bertz CT molecular complexity index is 1350. The van der Waals surface area contributed by atoms with Gasteiger partial charge < -0.3 is 0 Å². The van der Waals surface area contributed by atoms with E-state index < -0.39 is 0 Å². The molecule has 170 valence electrons. The summed E-state index contributed by atoms with van der Waals surface area (Å²) in [5, 5.41) is 11.6. The van der Waals surface area contributed by atoms with Crippen LogP contribution < -0.4 is 5.56 Å². The van der Waals surface area contributed by atoms with Gasteiger partial charge in [-0.15, -0.1) is 10.2 Å². The Morgan fingerprint density at radius 2 is 2.15 bits per heavy atom. The van der Waals surface area contributed by atoms with Gasteiger partial charge in [-0.3, -0.25) is 18.9 Å². The molecule has 4 aromatic rings. The molecule has 1 aromatic carbocycles. The second-order valence-electron chi connectivity index (χ2n) is 8.39. The van der Waals surface area contributed by atoms with Gasteiger partial charge in [0.1, 0.15) is 0 Å². The summed E-state index contributed by atoms with van der Waals surface area (Å²) >= 11 is 9.49. The summed E-state index contributed by atoms with van der Waals surface area (Å²) in [5.74, 6) is 2.97. The van der Waals surface area contributed by atoms with E-state index in [9.17, 15) is 4.79 Å². The third-order valence-electron chi connectivity index (χ3n) is 5.57. The van der Waals surface area contributed by atoms with Crippen LogP contribution in [-0.4, -0.2) is 40.8 Å². The Balaban J connectivity index is 1.47. The third kappa shape index (κ3) is 4.54. The quantitative estimate of drug-likeness (QED) is 0.256. The zero-order valence-corrected chi connectivity index (χ0v) is 20.7. The minimum atomic E-state index is -0.0124. The number of pyridine rings is 1. The topological polar surface area (TPSA) is 78.5 Å². The Hall–Kier alpha value is -2.36. The van der Waals surface area contributed by atoms with Crippen molar-refractivity contribution in [3.05, 3.63) is 58.1 Å². The highest BCUT2D eigenvalue weighted by Gasteiger charge is 2.29. The number of benzene rings is 1. The van der Waals surface area contributed by atoms with E-state index in [0.717, 1.165) is 39.6 Å².